The number of imidazole rings is 2. The van der Waals surface area contributed by atoms with Crippen LogP contribution in [0.4, 0.5) is 32.1 Å². The lowest BCUT2D eigenvalue weighted by Crippen LogP contribution is -2.52. The van der Waals surface area contributed by atoms with E-state index in [1.807, 2.05) is 88.2 Å². The molecule has 6 amide bonds. The van der Waals surface area contributed by atoms with Crippen molar-refractivity contribution in [3.8, 4) is 34.3 Å². The molecule has 10 aromatic rings. The number of fused-ring (bicyclic) bond motifs is 4. The van der Waals surface area contributed by atoms with Gasteiger partial charge in [0.25, 0.3) is 11.8 Å². The first-order chi connectivity index (χ1) is 53.1. The van der Waals surface area contributed by atoms with Gasteiger partial charge in [-0.2, -0.15) is 0 Å². The van der Waals surface area contributed by atoms with Gasteiger partial charge in [0.1, 0.15) is 76.5 Å². The lowest BCUT2D eigenvalue weighted by molar-refractivity contribution is -0.138. The second kappa shape index (κ2) is 31.2. The standard InChI is InChI=1S/C40H40FN9O4.C28H32FN7.C13H12N2O4/c41-28-5-1-4-26(22-28)32-7-3-15-48(32)37-13-12-35-42-24-34(50(35)45-37)31-6-2-8-36(43-31)47-18-16-46(17-19-47)20-21-54-29-9-10-30-27(23-29)25-49(40(30)53)33-11-14-38(51)44-39(33)52;1-2-13-33-15-17-34(18-16-33)27-10-4-8-23(31-27)25-20-30-26-11-12-28(32-36(25)26)35-14-5-9-24(35)21-6-3-7-22(29)19-21;16-8-1-2-9-7(5-8)6-15(13(9)19)10-3-4-11(17)14-12(10)18/h1-2,4-6,8-10,12-13,22-24,32-33H,3,7,11,14-21,25H2,(H,44,51,52);3-4,6-8,10-12,19-20,24H,2,5,9,13-18H2,1H3;1-2,5,10,16H,3-4,6H2,(H,14,17,18)/t32-,33?;24-;/m11./s1. The van der Waals surface area contributed by atoms with Gasteiger partial charge in [-0.15, -0.1) is 10.2 Å². The number of hydrogen-bond donors (Lipinski definition) is 3. The number of phenols is 1. The third-order valence-corrected chi connectivity index (χ3v) is 21.9. The van der Waals surface area contributed by atoms with Gasteiger partial charge in [0.05, 0.1) is 35.9 Å². The number of benzene rings is 4. The number of nitrogens with zero attached hydrogens (tertiary/aromatic N) is 16. The van der Waals surface area contributed by atoms with Gasteiger partial charge in [0.2, 0.25) is 23.6 Å². The summed E-state index contributed by atoms with van der Waals surface area (Å²) >= 11 is 0. The van der Waals surface area contributed by atoms with Gasteiger partial charge in [-0.1, -0.05) is 43.3 Å². The molecule has 6 aromatic heterocycles. The van der Waals surface area contributed by atoms with Crippen molar-refractivity contribution in [1.82, 2.24) is 69.4 Å². The van der Waals surface area contributed by atoms with Crippen molar-refractivity contribution >= 4 is 70.0 Å². The Labute approximate surface area is 627 Å². The summed E-state index contributed by atoms with van der Waals surface area (Å²) in [5.41, 5.74) is 9.42. The Bertz CT molecular complexity index is 5120. The maximum absolute atomic E-state index is 14.1. The number of imide groups is 2. The predicted molar refractivity (Wildman–Crippen MR) is 404 cm³/mol. The largest absolute Gasteiger partial charge is 0.508 e. The number of carbonyl (C=O) groups excluding carboxylic acids is 6. The fourth-order valence-electron chi connectivity index (χ4n) is 16.3. The van der Waals surface area contributed by atoms with Gasteiger partial charge < -0.3 is 39.2 Å². The Hall–Kier alpha value is -11.8. The van der Waals surface area contributed by atoms with E-state index >= 15 is 0 Å². The molecule has 6 fully saturated rings. The van der Waals surface area contributed by atoms with Crippen LogP contribution in [0.2, 0.25) is 0 Å². The summed E-state index contributed by atoms with van der Waals surface area (Å²) in [6.45, 7) is 14.5. The van der Waals surface area contributed by atoms with Crippen molar-refractivity contribution in [1.29, 1.82) is 0 Å². The van der Waals surface area contributed by atoms with Crippen molar-refractivity contribution in [2.75, 3.05) is 105 Å². The number of nitrogens with one attached hydrogen (secondary N) is 2. The average molecular weight is 1480 g/mol. The molecule has 28 heteroatoms. The van der Waals surface area contributed by atoms with Crippen LogP contribution in [0.5, 0.6) is 11.5 Å². The first-order valence-electron chi connectivity index (χ1n) is 37.6. The van der Waals surface area contributed by atoms with Crippen LogP contribution >= 0.6 is 0 Å². The monoisotopic (exact) mass is 1470 g/mol. The smallest absolute Gasteiger partial charge is 0.255 e. The van der Waals surface area contributed by atoms with Crippen LogP contribution in [-0.2, 0) is 32.3 Å². The van der Waals surface area contributed by atoms with Crippen LogP contribution in [0.1, 0.15) is 120 Å². The van der Waals surface area contributed by atoms with Crippen LogP contribution in [-0.4, -0.2) is 197 Å². The van der Waals surface area contributed by atoms with E-state index in [0.717, 1.165) is 178 Å². The molecule has 4 atom stereocenters. The Morgan fingerprint density at radius 3 is 1.44 bits per heavy atom. The lowest BCUT2D eigenvalue weighted by Gasteiger charge is -2.35. The third kappa shape index (κ3) is 15.2. The molecule has 0 saturated carbocycles. The molecule has 2 unspecified atom stereocenters. The van der Waals surface area contributed by atoms with Gasteiger partial charge in [-0.3, -0.25) is 49.2 Å². The minimum Gasteiger partial charge on any atom is -0.508 e. The molecular weight excluding hydrogens is 1390 g/mol. The van der Waals surface area contributed by atoms with E-state index in [9.17, 15) is 42.7 Å². The zero-order chi connectivity index (χ0) is 74.8. The SMILES string of the molecule is CCCN1CCN(c2cccc(-c3cnc4ccc(N5CCC[C@@H]5c5cccc(F)c5)nn34)n2)CC1.O=C1CCC(N2Cc3cc(O)ccc3C2=O)C(=O)N1.O=C1CCC(N2Cc3cc(OCCN4CCN(c5cccc(-c6cnc7ccc(N8CCC[C@@H]8c8cccc(F)c8)nn67)n5)CC4)ccc3C2=O)C(=O)N1. The highest BCUT2D eigenvalue weighted by atomic mass is 19.1. The number of anilines is 4. The number of rotatable bonds is 16. The number of hydrogen-bond acceptors (Lipinski definition) is 20. The number of carbonyl (C=O) groups is 6. The summed E-state index contributed by atoms with van der Waals surface area (Å²) in [5, 5.41) is 24.0. The second-order valence-corrected chi connectivity index (χ2v) is 28.8. The van der Waals surface area contributed by atoms with Crippen LogP contribution in [0.25, 0.3) is 34.1 Å². The predicted octanol–water partition coefficient (Wildman–Crippen LogP) is 9.19. The van der Waals surface area contributed by atoms with Crippen LogP contribution in [0, 0.1) is 11.6 Å². The number of aromatic hydroxyl groups is 1. The van der Waals surface area contributed by atoms with Gasteiger partial charge in [-0.25, -0.2) is 37.7 Å². The van der Waals surface area contributed by atoms with E-state index in [0.29, 0.717) is 48.4 Å². The van der Waals surface area contributed by atoms with Gasteiger partial charge in [0, 0.05) is 109 Å². The summed E-state index contributed by atoms with van der Waals surface area (Å²) in [4.78, 5) is 108. The molecule has 8 aliphatic heterocycles. The van der Waals surface area contributed by atoms with Crippen molar-refractivity contribution in [2.24, 2.45) is 0 Å². The zero-order valence-corrected chi connectivity index (χ0v) is 60.5. The number of amides is 6. The fourth-order valence-corrected chi connectivity index (χ4v) is 16.3. The average Bonchev–Trinajstić information content (AvgIpc) is 1.67. The topological polar surface area (TPSA) is 268 Å². The minimum atomic E-state index is -0.636. The van der Waals surface area contributed by atoms with E-state index in [4.69, 9.17) is 24.9 Å². The normalized spacial score (nSPS) is 20.3. The Balaban J connectivity index is 0.000000140. The van der Waals surface area contributed by atoms with Gasteiger partial charge in [-0.05, 0) is 183 Å². The van der Waals surface area contributed by atoms with E-state index in [1.54, 1.807) is 47.4 Å². The molecule has 6 saturated heterocycles. The van der Waals surface area contributed by atoms with Crippen molar-refractivity contribution in [3.63, 3.8) is 0 Å². The summed E-state index contributed by atoms with van der Waals surface area (Å²) in [6, 6.07) is 42.9. The molecule has 0 radical (unpaired) electrons. The zero-order valence-electron chi connectivity index (χ0n) is 60.5. The molecule has 4 aromatic carbocycles. The maximum atomic E-state index is 14.1. The first-order valence-corrected chi connectivity index (χ1v) is 37.6. The first kappa shape index (κ1) is 71.5. The van der Waals surface area contributed by atoms with Crippen molar-refractivity contribution in [3.05, 3.63) is 203 Å². The molecule has 0 bridgehead atoms. The van der Waals surface area contributed by atoms with E-state index in [-0.39, 0.29) is 72.5 Å². The second-order valence-electron chi connectivity index (χ2n) is 28.8. The van der Waals surface area contributed by atoms with E-state index in [2.05, 4.69) is 69.1 Å². The van der Waals surface area contributed by atoms with Crippen molar-refractivity contribution in [2.45, 2.75) is 102 Å². The molecular formula is C81H84F2N18O8. The number of halogens is 2. The highest BCUT2D eigenvalue weighted by molar-refractivity contribution is 6.06. The van der Waals surface area contributed by atoms with E-state index < -0.39 is 23.9 Å². The summed E-state index contributed by atoms with van der Waals surface area (Å²) < 4.78 is 37.8. The molecule has 14 heterocycles. The fraction of sp³-hybridized carbons (Fsp3) is 0.358. The number of piperazine rings is 2. The third-order valence-electron chi connectivity index (χ3n) is 21.9. The van der Waals surface area contributed by atoms with Crippen molar-refractivity contribution < 1.29 is 47.4 Å². The quantitative estimate of drug-likeness (QED) is 0.0761. The Morgan fingerprint density at radius 1 is 0.477 bits per heavy atom. The molecule has 0 aliphatic carbocycles. The number of phenolic OH excluding ortho intramolecular Hbond substituents is 1. The summed E-state index contributed by atoms with van der Waals surface area (Å²) in [7, 11) is 0. The molecule has 8 aliphatic rings. The molecule has 560 valence electrons. The Morgan fingerprint density at radius 2 is 0.954 bits per heavy atom. The van der Waals surface area contributed by atoms with Crippen LogP contribution < -0.4 is 35.0 Å². The minimum absolute atomic E-state index is 0.0650. The van der Waals surface area contributed by atoms with Gasteiger partial charge >= 0.3 is 0 Å². The number of aromatic nitrogens is 8. The molecule has 109 heavy (non-hydrogen) atoms. The van der Waals surface area contributed by atoms with E-state index in [1.165, 1.54) is 35.6 Å². The molecule has 18 rings (SSSR count). The number of pyridine rings is 2. The number of piperidine rings is 2. The Kier molecular flexibility index (Phi) is 20.5. The van der Waals surface area contributed by atoms with Gasteiger partial charge in [0.15, 0.2) is 11.3 Å². The highest BCUT2D eigenvalue weighted by Crippen LogP contribution is 2.39. The van der Waals surface area contributed by atoms with Crippen LogP contribution in [0.3, 0.4) is 0 Å². The van der Waals surface area contributed by atoms with Crippen LogP contribution in [0.15, 0.2) is 158 Å². The molecule has 0 spiro atoms. The summed E-state index contributed by atoms with van der Waals surface area (Å²) in [5.74, 6) is 2.09. The molecule has 3 N–H and O–H groups in total. The number of ether oxygens (including phenoxy) is 1. The maximum Gasteiger partial charge on any atom is 0.255 e. The lowest BCUT2D eigenvalue weighted by atomic mass is 10.0. The molecule has 26 nitrogen and oxygen atoms in total. The highest BCUT2D eigenvalue weighted by Gasteiger charge is 2.41. The summed E-state index contributed by atoms with van der Waals surface area (Å²) in [6.07, 6.45) is 9.99.